The van der Waals surface area contributed by atoms with E-state index < -0.39 is 17.7 Å². The van der Waals surface area contributed by atoms with E-state index in [9.17, 15) is 10.2 Å². The van der Waals surface area contributed by atoms with Crippen molar-refractivity contribution in [1.29, 1.82) is 10.5 Å². The standard InChI is InChI=1S/C17H20N4O3/c1-11(20-10-19)21(6-7-22)15-13-8-12(9-18)4-5-14(13)24-17(2,3)16(15)23/h4-5,8,15-16,22-23H,6-7H2,1-3H3. The molecule has 126 valence electrons. The molecule has 2 atom stereocenters. The molecule has 0 bridgehead atoms. The molecule has 0 saturated heterocycles. The maximum atomic E-state index is 10.9. The molecule has 24 heavy (non-hydrogen) atoms. The molecule has 1 aromatic rings. The van der Waals surface area contributed by atoms with Gasteiger partial charge in [-0.1, -0.05) is 0 Å². The predicted octanol–water partition coefficient (Wildman–Crippen LogP) is 1.33. The van der Waals surface area contributed by atoms with Crippen LogP contribution in [0.5, 0.6) is 5.75 Å². The summed E-state index contributed by atoms with van der Waals surface area (Å²) < 4.78 is 5.88. The zero-order chi connectivity index (χ0) is 17.9. The monoisotopic (exact) mass is 328 g/mol. The summed E-state index contributed by atoms with van der Waals surface area (Å²) in [5.74, 6) is 0.934. The van der Waals surface area contributed by atoms with Crippen LogP contribution >= 0.6 is 0 Å². The molecule has 7 nitrogen and oxygen atoms in total. The van der Waals surface area contributed by atoms with Crippen molar-refractivity contribution in [2.75, 3.05) is 13.2 Å². The maximum absolute atomic E-state index is 10.9. The van der Waals surface area contributed by atoms with Crippen LogP contribution in [0.1, 0.15) is 37.9 Å². The lowest BCUT2D eigenvalue weighted by Crippen LogP contribution is -2.55. The summed E-state index contributed by atoms with van der Waals surface area (Å²) in [7, 11) is 0. The lowest BCUT2D eigenvalue weighted by molar-refractivity contribution is -0.0827. The molecule has 1 aliphatic rings. The van der Waals surface area contributed by atoms with Crippen LogP contribution in [0.3, 0.4) is 0 Å². The van der Waals surface area contributed by atoms with Crippen molar-refractivity contribution in [2.45, 2.75) is 38.5 Å². The number of aliphatic hydroxyl groups excluding tert-OH is 2. The molecule has 0 spiro atoms. The van der Waals surface area contributed by atoms with E-state index >= 15 is 0 Å². The smallest absolute Gasteiger partial charge is 0.207 e. The minimum absolute atomic E-state index is 0.171. The van der Waals surface area contributed by atoms with Crippen molar-refractivity contribution in [3.05, 3.63) is 29.3 Å². The summed E-state index contributed by atoms with van der Waals surface area (Å²) in [5.41, 5.74) is 0.182. The van der Waals surface area contributed by atoms with Gasteiger partial charge in [0, 0.05) is 12.1 Å². The number of amidine groups is 1. The maximum Gasteiger partial charge on any atom is 0.207 e. The van der Waals surface area contributed by atoms with E-state index in [1.165, 1.54) is 0 Å². The summed E-state index contributed by atoms with van der Waals surface area (Å²) >= 11 is 0. The van der Waals surface area contributed by atoms with Crippen LogP contribution < -0.4 is 4.74 Å². The average Bonchev–Trinajstić information content (AvgIpc) is 2.54. The van der Waals surface area contributed by atoms with Gasteiger partial charge in [0.1, 0.15) is 23.3 Å². The highest BCUT2D eigenvalue weighted by Gasteiger charge is 2.45. The molecular weight excluding hydrogens is 308 g/mol. The number of ether oxygens (including phenoxy) is 1. The van der Waals surface area contributed by atoms with Gasteiger partial charge >= 0.3 is 0 Å². The number of aliphatic imine (C=N–C) groups is 1. The number of aliphatic hydroxyl groups is 2. The van der Waals surface area contributed by atoms with Gasteiger partial charge in [-0.05, 0) is 39.0 Å². The molecule has 0 radical (unpaired) electrons. The Morgan fingerprint density at radius 3 is 2.71 bits per heavy atom. The number of fused-ring (bicyclic) bond motifs is 1. The molecule has 0 amide bonds. The lowest BCUT2D eigenvalue weighted by Gasteiger charge is -2.46. The number of hydrogen-bond donors (Lipinski definition) is 2. The molecule has 7 heteroatoms. The average molecular weight is 328 g/mol. The second kappa shape index (κ2) is 6.88. The predicted molar refractivity (Wildman–Crippen MR) is 87.1 cm³/mol. The first-order valence-corrected chi connectivity index (χ1v) is 7.57. The third-order valence-electron chi connectivity index (χ3n) is 4.15. The minimum atomic E-state index is -0.950. The number of hydrogen-bond acceptors (Lipinski definition) is 6. The van der Waals surface area contributed by atoms with E-state index in [0.717, 1.165) is 0 Å². The van der Waals surface area contributed by atoms with Gasteiger partial charge in [0.05, 0.1) is 24.3 Å². The van der Waals surface area contributed by atoms with Crippen molar-refractivity contribution >= 4 is 5.84 Å². The number of nitrogens with zero attached hydrogens (tertiary/aromatic N) is 4. The molecule has 1 aromatic carbocycles. The molecule has 0 aliphatic carbocycles. The number of benzene rings is 1. The quantitative estimate of drug-likeness (QED) is 0.491. The first-order valence-electron chi connectivity index (χ1n) is 7.57. The van der Waals surface area contributed by atoms with Crippen LogP contribution in [0.2, 0.25) is 0 Å². The number of rotatable bonds is 3. The minimum Gasteiger partial charge on any atom is -0.485 e. The Hall–Kier alpha value is -2.61. The van der Waals surface area contributed by atoms with Crippen LogP contribution in [-0.4, -0.2) is 45.8 Å². The van der Waals surface area contributed by atoms with E-state index in [-0.39, 0.29) is 13.2 Å². The number of nitriles is 2. The fourth-order valence-electron chi connectivity index (χ4n) is 2.92. The zero-order valence-corrected chi connectivity index (χ0v) is 13.9. The lowest BCUT2D eigenvalue weighted by atomic mass is 9.85. The van der Waals surface area contributed by atoms with Gasteiger partial charge in [-0.25, -0.2) is 0 Å². The van der Waals surface area contributed by atoms with E-state index in [4.69, 9.17) is 15.3 Å². The van der Waals surface area contributed by atoms with Crippen LogP contribution in [0.15, 0.2) is 23.2 Å². The third kappa shape index (κ3) is 3.18. The van der Waals surface area contributed by atoms with Crippen molar-refractivity contribution in [1.82, 2.24) is 4.90 Å². The van der Waals surface area contributed by atoms with Crippen LogP contribution in [-0.2, 0) is 0 Å². The Morgan fingerprint density at radius 2 is 2.12 bits per heavy atom. The van der Waals surface area contributed by atoms with Crippen molar-refractivity contribution in [3.63, 3.8) is 0 Å². The van der Waals surface area contributed by atoms with Crippen LogP contribution in [0.25, 0.3) is 0 Å². The van der Waals surface area contributed by atoms with Crippen LogP contribution in [0.4, 0.5) is 0 Å². The largest absolute Gasteiger partial charge is 0.485 e. The molecule has 0 saturated carbocycles. The molecule has 2 unspecified atom stereocenters. The SMILES string of the molecule is CC(=NC#N)N(CCO)C1c2cc(C#N)ccc2OC(C)(C)C1O. The fourth-order valence-corrected chi connectivity index (χ4v) is 2.92. The third-order valence-corrected chi connectivity index (χ3v) is 4.15. The highest BCUT2D eigenvalue weighted by Crippen LogP contribution is 2.43. The normalized spacial score (nSPS) is 21.9. The summed E-state index contributed by atoms with van der Waals surface area (Å²) in [4.78, 5) is 5.40. The highest BCUT2D eigenvalue weighted by atomic mass is 16.5. The molecular formula is C17H20N4O3. The van der Waals surface area contributed by atoms with Gasteiger partial charge in [0.25, 0.3) is 0 Å². The molecule has 2 rings (SSSR count). The first-order chi connectivity index (χ1) is 11.4. The topological polar surface area (TPSA) is 113 Å². The van der Waals surface area contributed by atoms with Gasteiger partial charge in [-0.3, -0.25) is 0 Å². The Bertz CT molecular complexity index is 730. The van der Waals surface area contributed by atoms with Gasteiger partial charge in [-0.15, -0.1) is 0 Å². The fraction of sp³-hybridized carbons (Fsp3) is 0.471. The van der Waals surface area contributed by atoms with Crippen molar-refractivity contribution in [2.24, 2.45) is 4.99 Å². The Balaban J connectivity index is 2.63. The van der Waals surface area contributed by atoms with Crippen molar-refractivity contribution in [3.8, 4) is 18.0 Å². The van der Waals surface area contributed by atoms with Gasteiger partial charge in [0.2, 0.25) is 6.19 Å². The Morgan fingerprint density at radius 1 is 1.42 bits per heavy atom. The molecule has 2 N–H and O–H groups in total. The summed E-state index contributed by atoms with van der Waals surface area (Å²) in [6, 6.07) is 6.48. The molecule has 0 aromatic heterocycles. The van der Waals surface area contributed by atoms with Crippen LogP contribution in [0, 0.1) is 22.8 Å². The summed E-state index contributed by atoms with van der Waals surface area (Å²) in [6.07, 6.45) is 0.777. The highest BCUT2D eigenvalue weighted by molar-refractivity contribution is 5.81. The van der Waals surface area contributed by atoms with E-state index in [1.54, 1.807) is 50.1 Å². The zero-order valence-electron chi connectivity index (χ0n) is 13.9. The van der Waals surface area contributed by atoms with Gasteiger partial charge in [0.15, 0.2) is 0 Å². The second-order valence-electron chi connectivity index (χ2n) is 6.14. The van der Waals surface area contributed by atoms with Gasteiger partial charge < -0.3 is 19.8 Å². The van der Waals surface area contributed by atoms with E-state index in [1.807, 2.05) is 0 Å². The first kappa shape index (κ1) is 17.7. The molecule has 0 fully saturated rings. The van der Waals surface area contributed by atoms with E-state index in [2.05, 4.69) is 11.1 Å². The molecule has 1 heterocycles. The Kier molecular flexibility index (Phi) is 5.08. The molecule has 1 aliphatic heterocycles. The van der Waals surface area contributed by atoms with Gasteiger partial charge in [-0.2, -0.15) is 15.5 Å². The summed E-state index contributed by atoms with van der Waals surface area (Å²) in [6.45, 7) is 5.18. The summed E-state index contributed by atoms with van der Waals surface area (Å²) in [5, 5.41) is 38.3. The van der Waals surface area contributed by atoms with Crippen molar-refractivity contribution < 1.29 is 14.9 Å². The Labute approximate surface area is 141 Å². The second-order valence-corrected chi connectivity index (χ2v) is 6.14. The van der Waals surface area contributed by atoms with E-state index in [0.29, 0.717) is 22.7 Å².